The maximum Gasteiger partial charge on any atom is 0.275 e. The van der Waals surface area contributed by atoms with Crippen LogP contribution in [0.3, 0.4) is 0 Å². The first-order valence-corrected chi connectivity index (χ1v) is 8.10. The Bertz CT molecular complexity index is 650. The molecule has 6 nitrogen and oxygen atoms in total. The molecule has 0 atom stereocenters. The van der Waals surface area contributed by atoms with Crippen LogP contribution in [0.25, 0.3) is 4.96 Å². The Morgan fingerprint density at radius 2 is 2.24 bits per heavy atom. The number of hydrogen-bond acceptors (Lipinski definition) is 6. The standard InChI is InChI=1S/C14H22N4O2S/c1-4-12-16-18-13(20)8-11(15-14(18)21-12)9-17(10(2)3)6-5-7-19/h8,10,19H,4-7,9H2,1-3H3. The highest BCUT2D eigenvalue weighted by molar-refractivity contribution is 7.16. The van der Waals surface area contributed by atoms with Gasteiger partial charge >= 0.3 is 0 Å². The van der Waals surface area contributed by atoms with Crippen molar-refractivity contribution in [3.63, 3.8) is 0 Å². The molecular weight excluding hydrogens is 288 g/mol. The van der Waals surface area contributed by atoms with E-state index in [-0.39, 0.29) is 12.2 Å². The fourth-order valence-electron chi connectivity index (χ4n) is 2.12. The van der Waals surface area contributed by atoms with E-state index in [0.29, 0.717) is 17.5 Å². The minimum atomic E-state index is -0.128. The molecule has 21 heavy (non-hydrogen) atoms. The highest BCUT2D eigenvalue weighted by Gasteiger charge is 2.13. The van der Waals surface area contributed by atoms with Gasteiger partial charge in [0.1, 0.15) is 5.01 Å². The molecule has 0 amide bonds. The summed E-state index contributed by atoms with van der Waals surface area (Å²) in [6, 6.07) is 1.89. The zero-order chi connectivity index (χ0) is 15.4. The summed E-state index contributed by atoms with van der Waals surface area (Å²) in [5, 5.41) is 14.1. The van der Waals surface area contributed by atoms with Crippen LogP contribution in [-0.4, -0.2) is 43.8 Å². The Hall–Kier alpha value is -1.31. The Morgan fingerprint density at radius 1 is 1.48 bits per heavy atom. The van der Waals surface area contributed by atoms with Crippen LogP contribution in [-0.2, 0) is 13.0 Å². The molecule has 0 fully saturated rings. The van der Waals surface area contributed by atoms with Crippen LogP contribution in [0.15, 0.2) is 10.9 Å². The molecule has 0 spiro atoms. The lowest BCUT2D eigenvalue weighted by molar-refractivity contribution is 0.183. The van der Waals surface area contributed by atoms with E-state index in [1.54, 1.807) is 6.07 Å². The SMILES string of the molecule is CCc1nn2c(=O)cc(CN(CCCO)C(C)C)nc2s1. The molecule has 116 valence electrons. The maximum absolute atomic E-state index is 12.1. The molecule has 2 heterocycles. The fourth-order valence-corrected chi connectivity index (χ4v) is 2.98. The number of fused-ring (bicyclic) bond motifs is 1. The molecule has 0 bridgehead atoms. The minimum absolute atomic E-state index is 0.128. The lowest BCUT2D eigenvalue weighted by Crippen LogP contribution is -2.32. The molecule has 0 aliphatic heterocycles. The molecule has 0 aliphatic carbocycles. The molecule has 0 unspecified atom stereocenters. The third-order valence-corrected chi connectivity index (χ3v) is 4.39. The summed E-state index contributed by atoms with van der Waals surface area (Å²) in [5.74, 6) is 0. The zero-order valence-corrected chi connectivity index (χ0v) is 13.6. The largest absolute Gasteiger partial charge is 0.396 e. The van der Waals surface area contributed by atoms with Crippen molar-refractivity contribution in [2.45, 2.75) is 46.2 Å². The summed E-state index contributed by atoms with van der Waals surface area (Å²) in [4.78, 5) is 19.5. The topological polar surface area (TPSA) is 70.7 Å². The minimum Gasteiger partial charge on any atom is -0.396 e. The fraction of sp³-hybridized carbons (Fsp3) is 0.643. The number of hydrogen-bond donors (Lipinski definition) is 1. The van der Waals surface area contributed by atoms with Crippen LogP contribution < -0.4 is 5.56 Å². The number of aliphatic hydroxyl groups excluding tert-OH is 1. The Morgan fingerprint density at radius 3 is 2.86 bits per heavy atom. The first-order chi connectivity index (χ1) is 10.0. The molecule has 2 aromatic heterocycles. The van der Waals surface area contributed by atoms with Gasteiger partial charge in [-0.25, -0.2) is 4.98 Å². The highest BCUT2D eigenvalue weighted by atomic mass is 32.1. The molecule has 0 aromatic carbocycles. The van der Waals surface area contributed by atoms with E-state index in [9.17, 15) is 4.79 Å². The highest BCUT2D eigenvalue weighted by Crippen LogP contribution is 2.13. The van der Waals surface area contributed by atoms with E-state index in [1.807, 2.05) is 6.92 Å². The lowest BCUT2D eigenvalue weighted by atomic mass is 10.2. The van der Waals surface area contributed by atoms with Gasteiger partial charge in [-0.2, -0.15) is 9.61 Å². The summed E-state index contributed by atoms with van der Waals surface area (Å²) >= 11 is 1.46. The third kappa shape index (κ3) is 3.87. The van der Waals surface area contributed by atoms with Gasteiger partial charge in [-0.3, -0.25) is 9.69 Å². The van der Waals surface area contributed by atoms with Crippen LogP contribution in [0, 0.1) is 0 Å². The van der Waals surface area contributed by atoms with E-state index in [1.165, 1.54) is 15.9 Å². The monoisotopic (exact) mass is 310 g/mol. The second-order valence-corrected chi connectivity index (χ2v) is 6.31. The average molecular weight is 310 g/mol. The van der Waals surface area contributed by atoms with E-state index < -0.39 is 0 Å². The summed E-state index contributed by atoms with van der Waals surface area (Å²) < 4.78 is 1.38. The predicted octanol–water partition coefficient (Wildman–Crippen LogP) is 1.31. The molecule has 0 saturated heterocycles. The number of aryl methyl sites for hydroxylation is 1. The van der Waals surface area contributed by atoms with Gasteiger partial charge in [0, 0.05) is 31.8 Å². The summed E-state index contributed by atoms with van der Waals surface area (Å²) in [6.45, 7) is 7.79. The van der Waals surface area contributed by atoms with Gasteiger partial charge in [0.25, 0.3) is 5.56 Å². The lowest BCUT2D eigenvalue weighted by Gasteiger charge is -2.25. The van der Waals surface area contributed by atoms with Crippen LogP contribution in [0.1, 0.15) is 37.9 Å². The molecular formula is C14H22N4O2S. The van der Waals surface area contributed by atoms with Gasteiger partial charge in [0.15, 0.2) is 0 Å². The van der Waals surface area contributed by atoms with Crippen LogP contribution in [0.4, 0.5) is 0 Å². The predicted molar refractivity (Wildman–Crippen MR) is 83.8 cm³/mol. The number of nitrogens with zero attached hydrogens (tertiary/aromatic N) is 4. The summed E-state index contributed by atoms with van der Waals surface area (Å²) in [7, 11) is 0. The number of rotatable bonds is 7. The Labute approximate surface area is 128 Å². The summed E-state index contributed by atoms with van der Waals surface area (Å²) in [6.07, 6.45) is 1.53. The first kappa shape index (κ1) is 16.1. The molecule has 0 radical (unpaired) electrons. The molecule has 2 rings (SSSR count). The van der Waals surface area contributed by atoms with Crippen molar-refractivity contribution < 1.29 is 5.11 Å². The maximum atomic E-state index is 12.1. The zero-order valence-electron chi connectivity index (χ0n) is 12.7. The van der Waals surface area contributed by atoms with Crippen molar-refractivity contribution in [3.8, 4) is 0 Å². The second kappa shape index (κ2) is 7.11. The number of aromatic nitrogens is 3. The van der Waals surface area contributed by atoms with E-state index >= 15 is 0 Å². The molecule has 2 aromatic rings. The van der Waals surface area contributed by atoms with Crippen molar-refractivity contribution in [1.82, 2.24) is 19.5 Å². The van der Waals surface area contributed by atoms with Gasteiger partial charge in [0.2, 0.25) is 4.96 Å². The van der Waals surface area contributed by atoms with Crippen molar-refractivity contribution in [1.29, 1.82) is 0 Å². The third-order valence-electron chi connectivity index (χ3n) is 3.34. The molecule has 0 aliphatic rings. The van der Waals surface area contributed by atoms with Crippen LogP contribution in [0.2, 0.25) is 0 Å². The van der Waals surface area contributed by atoms with Gasteiger partial charge < -0.3 is 5.11 Å². The van der Waals surface area contributed by atoms with Gasteiger partial charge in [-0.1, -0.05) is 18.3 Å². The average Bonchev–Trinajstić information content (AvgIpc) is 2.86. The van der Waals surface area contributed by atoms with Crippen LogP contribution in [0.5, 0.6) is 0 Å². The molecule has 7 heteroatoms. The van der Waals surface area contributed by atoms with E-state index in [2.05, 4.69) is 28.8 Å². The quantitative estimate of drug-likeness (QED) is 0.835. The van der Waals surface area contributed by atoms with Gasteiger partial charge in [-0.15, -0.1) is 0 Å². The van der Waals surface area contributed by atoms with Crippen molar-refractivity contribution in [2.75, 3.05) is 13.2 Å². The Balaban J connectivity index is 2.26. The van der Waals surface area contributed by atoms with E-state index in [4.69, 9.17) is 5.11 Å². The van der Waals surface area contributed by atoms with Crippen molar-refractivity contribution >= 4 is 16.3 Å². The Kier molecular flexibility index (Phi) is 5.44. The van der Waals surface area contributed by atoms with Crippen LogP contribution >= 0.6 is 11.3 Å². The van der Waals surface area contributed by atoms with E-state index in [0.717, 1.165) is 30.1 Å². The van der Waals surface area contributed by atoms with Gasteiger partial charge in [-0.05, 0) is 26.7 Å². The summed E-state index contributed by atoms with van der Waals surface area (Å²) in [5.41, 5.74) is 0.634. The van der Waals surface area contributed by atoms with Crippen molar-refractivity contribution in [2.24, 2.45) is 0 Å². The number of aliphatic hydroxyl groups is 1. The van der Waals surface area contributed by atoms with Crippen molar-refractivity contribution in [3.05, 3.63) is 27.1 Å². The smallest absolute Gasteiger partial charge is 0.275 e. The first-order valence-electron chi connectivity index (χ1n) is 7.28. The molecule has 0 saturated carbocycles. The van der Waals surface area contributed by atoms with Gasteiger partial charge in [0.05, 0.1) is 5.69 Å². The normalized spacial score (nSPS) is 11.9. The second-order valence-electron chi connectivity index (χ2n) is 5.27. The molecule has 1 N–H and O–H groups in total.